The number of methoxy groups -OCH3 is 3. The highest BCUT2D eigenvalue weighted by molar-refractivity contribution is 8.07. The molecule has 2 N–H and O–H groups in total. The molecule has 12 nitrogen and oxygen atoms in total. The number of rotatable bonds is 25. The van der Waals surface area contributed by atoms with Crippen molar-refractivity contribution in [2.75, 3.05) is 61.4 Å². The predicted molar refractivity (Wildman–Crippen MR) is 251 cm³/mol. The summed E-state index contributed by atoms with van der Waals surface area (Å²) in [6.07, 6.45) is 1.76. The van der Waals surface area contributed by atoms with Crippen molar-refractivity contribution in [2.45, 2.75) is 56.3 Å². The van der Waals surface area contributed by atoms with E-state index in [0.717, 1.165) is 45.4 Å². The van der Waals surface area contributed by atoms with Crippen molar-refractivity contribution >= 4 is 30.5 Å². The van der Waals surface area contributed by atoms with Gasteiger partial charge in [0.15, 0.2) is 0 Å². The number of fused-ring (bicyclic) bond motifs is 3. The van der Waals surface area contributed by atoms with Gasteiger partial charge in [0.2, 0.25) is 5.91 Å². The molecule has 0 spiro atoms. The summed E-state index contributed by atoms with van der Waals surface area (Å²) in [5.41, 5.74) is 5.51. The van der Waals surface area contributed by atoms with Crippen LogP contribution in [0, 0.1) is 0 Å². The quantitative estimate of drug-likeness (QED) is 0.0330. The Kier molecular flexibility index (Phi) is 17.9. The van der Waals surface area contributed by atoms with Crippen molar-refractivity contribution in [3.8, 4) is 22.6 Å². The van der Waals surface area contributed by atoms with E-state index < -0.39 is 30.4 Å². The van der Waals surface area contributed by atoms with Crippen LogP contribution < -0.4 is 20.1 Å². The van der Waals surface area contributed by atoms with Gasteiger partial charge >= 0.3 is 12.8 Å². The molecule has 0 fully saturated rings. The number of hydrogen-bond donors (Lipinski definition) is 2. The van der Waals surface area contributed by atoms with E-state index in [-0.39, 0.29) is 25.2 Å². The normalized spacial score (nSPS) is 14.1. The fourth-order valence-corrected chi connectivity index (χ4v) is 9.65. The summed E-state index contributed by atoms with van der Waals surface area (Å²) in [7, 11) is 6.32. The number of nitrogens with one attached hydrogen (secondary N) is 2. The highest BCUT2D eigenvalue weighted by Crippen LogP contribution is 2.51. The molecule has 0 aromatic heterocycles. The predicted octanol–water partition coefficient (Wildman–Crippen LogP) is 9.54. The van der Waals surface area contributed by atoms with Gasteiger partial charge in [0.25, 0.3) is 0 Å². The van der Waals surface area contributed by atoms with Crippen molar-refractivity contribution in [3.05, 3.63) is 155 Å². The molecule has 0 saturated heterocycles. The van der Waals surface area contributed by atoms with Crippen molar-refractivity contribution in [1.29, 1.82) is 0 Å². The van der Waals surface area contributed by atoms with E-state index >= 15 is 0 Å². The topological polar surface area (TPSA) is 132 Å². The Balaban J connectivity index is 1.20. The lowest BCUT2D eigenvalue weighted by Gasteiger charge is -2.37. The van der Waals surface area contributed by atoms with E-state index in [9.17, 15) is 9.59 Å². The van der Waals surface area contributed by atoms with Crippen LogP contribution >= 0.6 is 6.72 Å². The molecule has 1 aliphatic rings. The number of amides is 2. The maximum absolute atomic E-state index is 14.2. The monoisotopic (exact) mass is 910 g/mol. The van der Waals surface area contributed by atoms with Gasteiger partial charge in [-0.1, -0.05) is 110 Å². The minimum Gasteiger partial charge on any atom is -0.497 e. The maximum atomic E-state index is 14.2. The molecule has 0 aliphatic heterocycles. The Morgan fingerprint density at radius 3 is 1.81 bits per heavy atom. The number of carbonyl (C=O) groups is 2. The second kappa shape index (κ2) is 23.7. The first-order valence-electron chi connectivity index (χ1n) is 21.5. The summed E-state index contributed by atoms with van der Waals surface area (Å²) >= 11 is 5.57. The molecule has 0 heterocycles. The van der Waals surface area contributed by atoms with Gasteiger partial charge < -0.3 is 47.9 Å². The Bertz CT molecular complexity index is 2200. The molecule has 3 unspecified atom stereocenters. The van der Waals surface area contributed by atoms with Gasteiger partial charge in [-0.05, 0) is 101 Å². The van der Waals surface area contributed by atoms with Crippen LogP contribution in [0.4, 0.5) is 4.79 Å². The van der Waals surface area contributed by atoms with Crippen molar-refractivity contribution in [2.24, 2.45) is 0 Å². The molecule has 5 aromatic carbocycles. The molecule has 0 saturated carbocycles. The third-order valence-corrected chi connectivity index (χ3v) is 13.8. The molecule has 0 radical (unpaired) electrons. The van der Waals surface area contributed by atoms with E-state index in [2.05, 4.69) is 34.9 Å². The molecule has 0 bridgehead atoms. The third-order valence-electron chi connectivity index (χ3n) is 11.3. The maximum Gasteiger partial charge on any atom is 0.407 e. The standard InChI is InChI=1S/C50H59N2O10PS/c1-6-39(33-55-2)62-63(64,58-5)61-32-16-8-15-31-51-48(53)47(52-49(54)59-34-46-44-21-13-11-19-42(44)43-20-12-14-22-45(43)46)35-60-50(36-17-9-7-10-18-36,37-23-27-40(56-3)28-24-37)38-25-29-41(57-4)30-26-38/h7,9-14,17-30,39,46-47H,6,8,15-16,31-35H2,1-5H3,(H,51,53)(H,52,54). The molecule has 340 valence electrons. The van der Waals surface area contributed by atoms with E-state index in [1.807, 2.05) is 110 Å². The molecule has 64 heavy (non-hydrogen) atoms. The van der Waals surface area contributed by atoms with Gasteiger partial charge in [-0.25, -0.2) is 4.79 Å². The summed E-state index contributed by atoms with van der Waals surface area (Å²) in [6.45, 7) is -0.0362. The van der Waals surface area contributed by atoms with Gasteiger partial charge in [-0.3, -0.25) is 4.79 Å². The lowest BCUT2D eigenvalue weighted by Crippen LogP contribution is -2.51. The molecule has 1 aliphatic carbocycles. The SMILES string of the molecule is CCC(COC)OP(=S)(OC)OCCCCCNC(=O)C(COC(c1ccccc1)(c1ccc(OC)cc1)c1ccc(OC)cc1)NC(=O)OCC1c2ccccc2-c2ccccc21. The Morgan fingerprint density at radius 2 is 1.27 bits per heavy atom. The zero-order valence-electron chi connectivity index (χ0n) is 37.2. The highest BCUT2D eigenvalue weighted by atomic mass is 32.5. The van der Waals surface area contributed by atoms with Crippen LogP contribution in [0.1, 0.15) is 66.3 Å². The molecule has 14 heteroatoms. The van der Waals surface area contributed by atoms with E-state index in [4.69, 9.17) is 49.1 Å². The Labute approximate surface area is 382 Å². The zero-order chi connectivity index (χ0) is 45.4. The van der Waals surface area contributed by atoms with Crippen LogP contribution in [-0.4, -0.2) is 85.6 Å². The molecule has 3 atom stereocenters. The first-order valence-corrected chi connectivity index (χ1v) is 24.1. The van der Waals surface area contributed by atoms with Crippen molar-refractivity contribution in [3.63, 3.8) is 0 Å². The molecule has 5 aromatic rings. The van der Waals surface area contributed by atoms with Crippen LogP contribution in [0.15, 0.2) is 127 Å². The lowest BCUT2D eigenvalue weighted by molar-refractivity contribution is -0.126. The Hall–Kier alpha value is -5.11. The van der Waals surface area contributed by atoms with Crippen LogP contribution in [0.2, 0.25) is 0 Å². The minimum absolute atomic E-state index is 0.0796. The fraction of sp³-hybridized carbons (Fsp3) is 0.360. The average Bonchev–Trinajstić information content (AvgIpc) is 3.66. The number of unbranched alkanes of at least 4 members (excludes halogenated alkanes) is 2. The summed E-state index contributed by atoms with van der Waals surface area (Å²) in [5, 5.41) is 5.89. The van der Waals surface area contributed by atoms with E-state index in [1.165, 1.54) is 7.11 Å². The summed E-state index contributed by atoms with van der Waals surface area (Å²) < 4.78 is 46.6. The van der Waals surface area contributed by atoms with Crippen molar-refractivity contribution < 1.29 is 46.8 Å². The van der Waals surface area contributed by atoms with E-state index in [0.29, 0.717) is 50.5 Å². The van der Waals surface area contributed by atoms with Gasteiger partial charge in [-0.2, -0.15) is 0 Å². The lowest BCUT2D eigenvalue weighted by atomic mass is 9.80. The highest BCUT2D eigenvalue weighted by Gasteiger charge is 2.40. The van der Waals surface area contributed by atoms with E-state index in [1.54, 1.807) is 21.3 Å². The molecular formula is C50H59N2O10PS. The third kappa shape index (κ3) is 12.0. The first kappa shape index (κ1) is 48.3. The zero-order valence-corrected chi connectivity index (χ0v) is 38.9. The second-order valence-electron chi connectivity index (χ2n) is 15.2. The molecule has 2 amide bonds. The van der Waals surface area contributed by atoms with Crippen LogP contribution in [0.25, 0.3) is 11.1 Å². The summed E-state index contributed by atoms with van der Waals surface area (Å²) in [6, 6.07) is 40.1. The number of alkyl carbamates (subject to hydrolysis) is 1. The van der Waals surface area contributed by atoms with Gasteiger partial charge in [0, 0.05) is 26.7 Å². The van der Waals surface area contributed by atoms with Crippen LogP contribution in [-0.2, 0) is 50.0 Å². The number of benzene rings is 5. The number of ether oxygens (including phenoxy) is 5. The first-order chi connectivity index (χ1) is 31.2. The average molecular weight is 911 g/mol. The number of hydrogen-bond acceptors (Lipinski definition) is 11. The summed E-state index contributed by atoms with van der Waals surface area (Å²) in [5.74, 6) is 0.752. The van der Waals surface area contributed by atoms with Crippen LogP contribution in [0.3, 0.4) is 0 Å². The largest absolute Gasteiger partial charge is 0.497 e. The minimum atomic E-state index is -2.94. The van der Waals surface area contributed by atoms with Gasteiger partial charge in [0.1, 0.15) is 29.7 Å². The van der Waals surface area contributed by atoms with Gasteiger partial charge in [0.05, 0.1) is 40.1 Å². The van der Waals surface area contributed by atoms with Gasteiger partial charge in [-0.15, -0.1) is 0 Å². The Morgan fingerprint density at radius 1 is 0.703 bits per heavy atom. The van der Waals surface area contributed by atoms with Crippen molar-refractivity contribution in [1.82, 2.24) is 10.6 Å². The second-order valence-corrected chi connectivity index (χ2v) is 18.3. The smallest absolute Gasteiger partial charge is 0.407 e. The molecule has 6 rings (SSSR count). The van der Waals surface area contributed by atoms with Crippen LogP contribution in [0.5, 0.6) is 11.5 Å². The number of carbonyl (C=O) groups excluding carboxylic acids is 2. The fourth-order valence-electron chi connectivity index (χ4n) is 7.88. The summed E-state index contributed by atoms with van der Waals surface area (Å²) in [4.78, 5) is 28.1. The molecular weight excluding hydrogens is 852 g/mol.